The largest absolute Gasteiger partial charge is 0.480 e. The molecular weight excluding hydrogens is 296 g/mol. The summed E-state index contributed by atoms with van der Waals surface area (Å²) < 4.78 is 5.87. The Labute approximate surface area is 135 Å². The number of rotatable bonds is 3. The number of amides is 1. The van der Waals surface area contributed by atoms with Crippen molar-refractivity contribution in [2.45, 2.75) is 31.0 Å². The molecule has 2 aliphatic rings. The van der Waals surface area contributed by atoms with E-state index in [1.165, 1.54) is 4.90 Å². The van der Waals surface area contributed by atoms with Crippen molar-refractivity contribution in [2.24, 2.45) is 0 Å². The number of carbonyl (C=O) groups excluding carboxylic acids is 1. The Bertz CT molecular complexity index is 582. The van der Waals surface area contributed by atoms with Gasteiger partial charge in [-0.15, -0.1) is 0 Å². The van der Waals surface area contributed by atoms with E-state index in [-0.39, 0.29) is 18.9 Å². The Morgan fingerprint density at radius 1 is 1.26 bits per heavy atom. The zero-order valence-corrected chi connectivity index (χ0v) is 13.3. The number of carboxylic acid groups (broad SMARTS) is 1. The van der Waals surface area contributed by atoms with Crippen LogP contribution in [0.4, 0.5) is 0 Å². The van der Waals surface area contributed by atoms with Gasteiger partial charge in [0.25, 0.3) is 0 Å². The summed E-state index contributed by atoms with van der Waals surface area (Å²) in [6.07, 6.45) is 1.49. The van der Waals surface area contributed by atoms with Crippen LogP contribution in [0.2, 0.25) is 0 Å². The molecule has 0 radical (unpaired) electrons. The molecule has 1 amide bonds. The Balaban J connectivity index is 1.84. The van der Waals surface area contributed by atoms with Crippen LogP contribution in [0, 0.1) is 0 Å². The average Bonchev–Trinajstić information content (AvgIpc) is 2.91. The second kappa shape index (κ2) is 6.29. The zero-order chi connectivity index (χ0) is 16.4. The molecule has 1 aromatic carbocycles. The molecule has 2 fully saturated rings. The Kier molecular flexibility index (Phi) is 4.37. The van der Waals surface area contributed by atoms with Crippen molar-refractivity contribution in [1.29, 1.82) is 0 Å². The van der Waals surface area contributed by atoms with Crippen LogP contribution in [0.3, 0.4) is 0 Å². The number of likely N-dealkylation sites (tertiary alicyclic amines) is 1. The van der Waals surface area contributed by atoms with Gasteiger partial charge in [-0.3, -0.25) is 9.69 Å². The molecule has 2 heterocycles. The summed E-state index contributed by atoms with van der Waals surface area (Å²) in [5.41, 5.74) is 0.123. The summed E-state index contributed by atoms with van der Waals surface area (Å²) in [6.45, 7) is 1.66. The molecule has 0 aliphatic carbocycles. The summed E-state index contributed by atoms with van der Waals surface area (Å²) in [5, 5.41) is 9.48. The van der Waals surface area contributed by atoms with E-state index in [1.807, 2.05) is 37.4 Å². The Hall–Kier alpha value is -1.92. The first-order valence-corrected chi connectivity index (χ1v) is 7.93. The van der Waals surface area contributed by atoms with Crippen LogP contribution in [-0.2, 0) is 20.7 Å². The van der Waals surface area contributed by atoms with Crippen LogP contribution in [-0.4, -0.2) is 65.3 Å². The minimum atomic E-state index is -0.998. The number of aliphatic carboxylic acids is 1. The fourth-order valence-corrected chi connectivity index (χ4v) is 3.45. The molecule has 1 spiro atoms. The minimum absolute atomic E-state index is 0.0690. The van der Waals surface area contributed by atoms with Gasteiger partial charge >= 0.3 is 5.97 Å². The number of carbonyl (C=O) groups is 2. The van der Waals surface area contributed by atoms with E-state index in [0.717, 1.165) is 18.7 Å². The van der Waals surface area contributed by atoms with Gasteiger partial charge in [-0.2, -0.15) is 0 Å². The van der Waals surface area contributed by atoms with E-state index in [1.54, 1.807) is 0 Å². The van der Waals surface area contributed by atoms with E-state index >= 15 is 0 Å². The number of benzene rings is 1. The smallest absolute Gasteiger partial charge is 0.328 e. The number of carboxylic acids is 1. The van der Waals surface area contributed by atoms with Crippen LogP contribution < -0.4 is 0 Å². The quantitative estimate of drug-likeness (QED) is 0.899. The van der Waals surface area contributed by atoms with Crippen LogP contribution in [0.25, 0.3) is 0 Å². The number of hydrogen-bond acceptors (Lipinski definition) is 4. The first kappa shape index (κ1) is 16.0. The van der Waals surface area contributed by atoms with Crippen molar-refractivity contribution in [2.75, 3.05) is 26.7 Å². The van der Waals surface area contributed by atoms with Gasteiger partial charge in [0, 0.05) is 25.9 Å². The lowest BCUT2D eigenvalue weighted by Crippen LogP contribution is -2.58. The monoisotopic (exact) mass is 318 g/mol. The average molecular weight is 318 g/mol. The highest BCUT2D eigenvalue weighted by molar-refractivity contribution is 5.86. The fraction of sp³-hybridized carbons (Fsp3) is 0.529. The van der Waals surface area contributed by atoms with E-state index in [4.69, 9.17) is 4.74 Å². The van der Waals surface area contributed by atoms with Crippen molar-refractivity contribution < 1.29 is 19.4 Å². The van der Waals surface area contributed by atoms with Gasteiger partial charge in [-0.1, -0.05) is 30.3 Å². The molecule has 3 rings (SSSR count). The molecule has 1 unspecified atom stereocenters. The van der Waals surface area contributed by atoms with Crippen molar-refractivity contribution >= 4 is 11.9 Å². The van der Waals surface area contributed by atoms with Gasteiger partial charge in [-0.05, 0) is 12.6 Å². The normalized spacial score (nSPS) is 24.0. The second-order valence-electron chi connectivity index (χ2n) is 6.34. The van der Waals surface area contributed by atoms with E-state index in [2.05, 4.69) is 4.90 Å². The zero-order valence-electron chi connectivity index (χ0n) is 13.3. The molecule has 0 bridgehead atoms. The highest BCUT2D eigenvalue weighted by Gasteiger charge is 2.53. The Morgan fingerprint density at radius 2 is 1.91 bits per heavy atom. The molecule has 1 atom stereocenters. The van der Waals surface area contributed by atoms with Gasteiger partial charge in [0.2, 0.25) is 5.91 Å². The summed E-state index contributed by atoms with van der Waals surface area (Å²) >= 11 is 0. The molecule has 2 aliphatic heterocycles. The number of hydrogen-bond donors (Lipinski definition) is 1. The lowest BCUT2D eigenvalue weighted by molar-refractivity contribution is -0.164. The van der Waals surface area contributed by atoms with Gasteiger partial charge in [0.1, 0.15) is 5.72 Å². The first-order chi connectivity index (χ1) is 11.0. The predicted octanol–water partition coefficient (Wildman–Crippen LogP) is 0.963. The minimum Gasteiger partial charge on any atom is -0.480 e. The van der Waals surface area contributed by atoms with Gasteiger partial charge in [0.15, 0.2) is 6.04 Å². The van der Waals surface area contributed by atoms with Crippen molar-refractivity contribution in [3.05, 3.63) is 35.9 Å². The Morgan fingerprint density at radius 3 is 2.52 bits per heavy atom. The molecule has 124 valence electrons. The fourth-order valence-electron chi connectivity index (χ4n) is 3.45. The summed E-state index contributed by atoms with van der Waals surface area (Å²) in [7, 11) is 2.02. The first-order valence-electron chi connectivity index (χ1n) is 7.93. The van der Waals surface area contributed by atoms with Gasteiger partial charge in [-0.25, -0.2) is 4.79 Å². The number of piperidine rings is 1. The molecule has 6 heteroatoms. The lowest BCUT2D eigenvalue weighted by Gasteiger charge is -2.43. The van der Waals surface area contributed by atoms with Crippen LogP contribution in [0.5, 0.6) is 0 Å². The second-order valence-corrected chi connectivity index (χ2v) is 6.34. The van der Waals surface area contributed by atoms with Crippen LogP contribution >= 0.6 is 0 Å². The molecule has 6 nitrogen and oxygen atoms in total. The lowest BCUT2D eigenvalue weighted by atomic mass is 9.97. The molecular formula is C17H22N2O4. The molecule has 0 aromatic heterocycles. The van der Waals surface area contributed by atoms with Crippen molar-refractivity contribution in [3.8, 4) is 0 Å². The molecule has 23 heavy (non-hydrogen) atoms. The van der Waals surface area contributed by atoms with Crippen molar-refractivity contribution in [1.82, 2.24) is 9.80 Å². The summed E-state index contributed by atoms with van der Waals surface area (Å²) in [4.78, 5) is 28.1. The summed E-state index contributed by atoms with van der Waals surface area (Å²) in [6, 6.07) is 8.52. The highest BCUT2D eigenvalue weighted by Crippen LogP contribution is 2.37. The molecule has 2 saturated heterocycles. The number of nitrogens with zero attached hydrogens (tertiary/aromatic N) is 2. The topological polar surface area (TPSA) is 70.1 Å². The highest BCUT2D eigenvalue weighted by atomic mass is 16.5. The van der Waals surface area contributed by atoms with Gasteiger partial charge < -0.3 is 14.7 Å². The standard InChI is InChI=1S/C17H22N2O4/c1-18-9-7-17(8-10-18)19(14(12-23-17)16(21)22)15(20)11-13-5-3-2-4-6-13/h2-6,14H,7-12H2,1H3,(H,21,22). The number of ether oxygens (including phenoxy) is 1. The molecule has 1 N–H and O–H groups in total. The van der Waals surface area contributed by atoms with Gasteiger partial charge in [0.05, 0.1) is 13.0 Å². The third-order valence-electron chi connectivity index (χ3n) is 4.78. The maximum atomic E-state index is 12.9. The molecule has 1 aromatic rings. The summed E-state index contributed by atoms with van der Waals surface area (Å²) in [5.74, 6) is -1.17. The predicted molar refractivity (Wildman–Crippen MR) is 83.8 cm³/mol. The maximum absolute atomic E-state index is 12.9. The van der Waals surface area contributed by atoms with E-state index < -0.39 is 17.7 Å². The SMILES string of the molecule is CN1CCC2(CC1)OCC(C(=O)O)N2C(=O)Cc1ccccc1. The third kappa shape index (κ3) is 3.09. The van der Waals surface area contributed by atoms with Crippen LogP contribution in [0.15, 0.2) is 30.3 Å². The molecule has 0 saturated carbocycles. The van der Waals surface area contributed by atoms with E-state index in [9.17, 15) is 14.7 Å². The maximum Gasteiger partial charge on any atom is 0.328 e. The van der Waals surface area contributed by atoms with Crippen molar-refractivity contribution in [3.63, 3.8) is 0 Å². The van der Waals surface area contributed by atoms with Crippen LogP contribution in [0.1, 0.15) is 18.4 Å². The third-order valence-corrected chi connectivity index (χ3v) is 4.78. The van der Waals surface area contributed by atoms with E-state index in [0.29, 0.717) is 12.8 Å².